The van der Waals surface area contributed by atoms with Crippen molar-refractivity contribution in [3.8, 4) is 11.5 Å². The molecular weight excluding hydrogens is 422 g/mol. The van der Waals surface area contributed by atoms with Gasteiger partial charge in [0.1, 0.15) is 10.1 Å². The van der Waals surface area contributed by atoms with Gasteiger partial charge in [0.05, 0.1) is 24.7 Å². The van der Waals surface area contributed by atoms with Crippen molar-refractivity contribution < 1.29 is 19.0 Å². The maximum absolute atomic E-state index is 13.0. The molecule has 2 saturated heterocycles. The largest absolute Gasteiger partial charge is 0.454 e. The normalized spacial score (nSPS) is 19.8. The zero-order valence-corrected chi connectivity index (χ0v) is 17.7. The van der Waals surface area contributed by atoms with E-state index in [-0.39, 0.29) is 12.7 Å². The number of carbonyl (C=O) groups excluding carboxylic acids is 1. The number of benzene rings is 1. The van der Waals surface area contributed by atoms with Gasteiger partial charge in [0.25, 0.3) is 5.91 Å². The lowest BCUT2D eigenvalue weighted by Gasteiger charge is -2.27. The molecule has 1 aromatic heterocycles. The number of morpholine rings is 1. The van der Waals surface area contributed by atoms with Crippen LogP contribution in [0, 0.1) is 0 Å². The van der Waals surface area contributed by atoms with Crippen LogP contribution in [0.1, 0.15) is 11.1 Å². The highest BCUT2D eigenvalue weighted by molar-refractivity contribution is 8.26. The Morgan fingerprint density at radius 2 is 1.97 bits per heavy atom. The highest BCUT2D eigenvalue weighted by atomic mass is 32.2. The molecule has 0 spiro atoms. The van der Waals surface area contributed by atoms with Crippen LogP contribution in [0.25, 0.3) is 6.08 Å². The minimum Gasteiger partial charge on any atom is -0.454 e. The summed E-state index contributed by atoms with van der Waals surface area (Å²) in [5.74, 6) is 2.22. The number of pyridine rings is 1. The van der Waals surface area contributed by atoms with Crippen molar-refractivity contribution in [2.45, 2.75) is 6.54 Å². The summed E-state index contributed by atoms with van der Waals surface area (Å²) in [6.45, 7) is 3.64. The third-order valence-corrected chi connectivity index (χ3v) is 6.43. The third-order valence-electron chi connectivity index (χ3n) is 5.05. The topological polar surface area (TPSA) is 64.1 Å². The second-order valence-corrected chi connectivity index (χ2v) is 8.68. The Hall–Kier alpha value is -2.62. The summed E-state index contributed by atoms with van der Waals surface area (Å²) in [7, 11) is 0. The maximum Gasteiger partial charge on any atom is 0.266 e. The molecule has 7 nitrogen and oxygen atoms in total. The molecule has 9 heteroatoms. The van der Waals surface area contributed by atoms with Gasteiger partial charge in [-0.1, -0.05) is 30.0 Å². The molecule has 0 unspecified atom stereocenters. The highest BCUT2D eigenvalue weighted by Crippen LogP contribution is 2.36. The third kappa shape index (κ3) is 3.88. The van der Waals surface area contributed by atoms with Crippen LogP contribution >= 0.6 is 24.0 Å². The average molecular weight is 442 g/mol. The number of carbonyl (C=O) groups is 1. The summed E-state index contributed by atoms with van der Waals surface area (Å²) in [4.78, 5) is 21.9. The fourth-order valence-corrected chi connectivity index (χ4v) is 4.75. The van der Waals surface area contributed by atoms with E-state index in [2.05, 4.69) is 9.88 Å². The second kappa shape index (κ2) is 8.25. The molecule has 1 amide bonds. The number of nitrogens with zero attached hydrogens (tertiary/aromatic N) is 3. The van der Waals surface area contributed by atoms with E-state index < -0.39 is 0 Å². The molecule has 0 radical (unpaired) electrons. The zero-order chi connectivity index (χ0) is 20.5. The molecule has 3 aliphatic rings. The first-order valence-corrected chi connectivity index (χ1v) is 10.8. The van der Waals surface area contributed by atoms with E-state index in [1.807, 2.05) is 36.4 Å². The Morgan fingerprint density at radius 3 is 2.83 bits per heavy atom. The number of anilines is 1. The quantitative estimate of drug-likeness (QED) is 0.530. The van der Waals surface area contributed by atoms with E-state index in [0.717, 1.165) is 35.8 Å². The molecule has 30 heavy (non-hydrogen) atoms. The summed E-state index contributed by atoms with van der Waals surface area (Å²) in [5.41, 5.74) is 1.87. The molecule has 0 saturated carbocycles. The molecule has 2 aromatic rings. The van der Waals surface area contributed by atoms with E-state index >= 15 is 0 Å². The summed E-state index contributed by atoms with van der Waals surface area (Å²) in [6, 6.07) is 9.56. The van der Waals surface area contributed by atoms with Crippen LogP contribution in [0.3, 0.4) is 0 Å². The first-order chi connectivity index (χ1) is 14.7. The lowest BCUT2D eigenvalue weighted by Crippen LogP contribution is -2.36. The van der Waals surface area contributed by atoms with Crippen LogP contribution in [0.4, 0.5) is 5.82 Å². The molecule has 154 valence electrons. The standard InChI is InChI=1S/C21H19N3O4S2/c25-20-18(10-14-3-4-22-19(11-14)23-5-7-26-8-6-23)30-21(29)24(20)12-15-1-2-16-17(9-15)28-13-27-16/h1-4,9-11H,5-8,12-13H2/b18-10+. The predicted molar refractivity (Wildman–Crippen MR) is 119 cm³/mol. The van der Waals surface area contributed by atoms with Crippen molar-refractivity contribution in [3.63, 3.8) is 0 Å². The van der Waals surface area contributed by atoms with Crippen molar-refractivity contribution in [2.75, 3.05) is 38.0 Å². The van der Waals surface area contributed by atoms with E-state index in [1.54, 1.807) is 11.1 Å². The average Bonchev–Trinajstić information content (AvgIpc) is 3.34. The van der Waals surface area contributed by atoms with Crippen molar-refractivity contribution in [3.05, 3.63) is 52.6 Å². The molecule has 5 rings (SSSR count). The summed E-state index contributed by atoms with van der Waals surface area (Å²) >= 11 is 6.80. The van der Waals surface area contributed by atoms with Crippen LogP contribution in [0.2, 0.25) is 0 Å². The van der Waals surface area contributed by atoms with Gasteiger partial charge in [0.15, 0.2) is 11.5 Å². The van der Waals surface area contributed by atoms with Crippen LogP contribution in [-0.4, -0.2) is 53.2 Å². The lowest BCUT2D eigenvalue weighted by atomic mass is 10.2. The lowest BCUT2D eigenvalue weighted by molar-refractivity contribution is -0.122. The van der Waals surface area contributed by atoms with Crippen LogP contribution in [0.5, 0.6) is 11.5 Å². The van der Waals surface area contributed by atoms with Crippen LogP contribution in [-0.2, 0) is 16.1 Å². The number of fused-ring (bicyclic) bond motifs is 1. The fraction of sp³-hybridized carbons (Fsp3) is 0.286. The number of amides is 1. The van der Waals surface area contributed by atoms with Gasteiger partial charge in [-0.05, 0) is 41.5 Å². The highest BCUT2D eigenvalue weighted by Gasteiger charge is 2.32. The van der Waals surface area contributed by atoms with E-state index in [0.29, 0.717) is 34.7 Å². The van der Waals surface area contributed by atoms with Crippen molar-refractivity contribution in [1.82, 2.24) is 9.88 Å². The number of thiocarbonyl (C=S) groups is 1. The maximum atomic E-state index is 13.0. The van der Waals surface area contributed by atoms with Gasteiger partial charge in [0, 0.05) is 19.3 Å². The monoisotopic (exact) mass is 441 g/mol. The molecule has 2 fully saturated rings. The van der Waals surface area contributed by atoms with E-state index in [1.165, 1.54) is 11.8 Å². The number of ether oxygens (including phenoxy) is 3. The van der Waals surface area contributed by atoms with Gasteiger partial charge in [-0.2, -0.15) is 0 Å². The van der Waals surface area contributed by atoms with Crippen molar-refractivity contribution in [2.24, 2.45) is 0 Å². The van der Waals surface area contributed by atoms with Crippen LogP contribution in [0.15, 0.2) is 41.4 Å². The molecular formula is C21H19N3O4S2. The van der Waals surface area contributed by atoms with Gasteiger partial charge in [-0.15, -0.1) is 0 Å². The van der Waals surface area contributed by atoms with Gasteiger partial charge < -0.3 is 19.1 Å². The van der Waals surface area contributed by atoms with Crippen LogP contribution < -0.4 is 14.4 Å². The predicted octanol–water partition coefficient (Wildman–Crippen LogP) is 3.05. The number of rotatable bonds is 4. The first kappa shape index (κ1) is 19.3. The first-order valence-electron chi connectivity index (χ1n) is 9.60. The van der Waals surface area contributed by atoms with Gasteiger partial charge in [0.2, 0.25) is 6.79 Å². The SMILES string of the molecule is O=C1/C(=C\c2ccnc(N3CCOCC3)c2)SC(=S)N1Cc1ccc2c(c1)OCO2. The number of hydrogen-bond donors (Lipinski definition) is 0. The smallest absolute Gasteiger partial charge is 0.266 e. The fourth-order valence-electron chi connectivity index (χ4n) is 3.50. The van der Waals surface area contributed by atoms with Gasteiger partial charge in [-0.3, -0.25) is 9.69 Å². The number of thioether (sulfide) groups is 1. The Morgan fingerprint density at radius 1 is 1.13 bits per heavy atom. The Balaban J connectivity index is 1.33. The molecule has 0 atom stereocenters. The molecule has 0 bridgehead atoms. The molecule has 0 aliphatic carbocycles. The van der Waals surface area contributed by atoms with E-state index in [4.69, 9.17) is 26.4 Å². The summed E-state index contributed by atoms with van der Waals surface area (Å²) in [6.07, 6.45) is 3.65. The van der Waals surface area contributed by atoms with Crippen molar-refractivity contribution in [1.29, 1.82) is 0 Å². The zero-order valence-electron chi connectivity index (χ0n) is 16.1. The molecule has 0 N–H and O–H groups in total. The Kier molecular flexibility index (Phi) is 5.32. The Labute approximate surface area is 183 Å². The summed E-state index contributed by atoms with van der Waals surface area (Å²) in [5, 5.41) is 0. The van der Waals surface area contributed by atoms with Gasteiger partial charge in [-0.25, -0.2) is 4.98 Å². The minimum absolute atomic E-state index is 0.0904. The van der Waals surface area contributed by atoms with E-state index in [9.17, 15) is 4.79 Å². The minimum atomic E-state index is -0.0904. The Bertz CT molecular complexity index is 1040. The second-order valence-electron chi connectivity index (χ2n) is 7.00. The number of aromatic nitrogens is 1. The van der Waals surface area contributed by atoms with Gasteiger partial charge >= 0.3 is 0 Å². The summed E-state index contributed by atoms with van der Waals surface area (Å²) < 4.78 is 16.7. The molecule has 3 aliphatic heterocycles. The van der Waals surface area contributed by atoms with Crippen molar-refractivity contribution >= 4 is 46.1 Å². The molecule has 4 heterocycles. The number of hydrogen-bond acceptors (Lipinski definition) is 8. The molecule has 1 aromatic carbocycles.